The van der Waals surface area contributed by atoms with E-state index < -0.39 is 12.0 Å². The van der Waals surface area contributed by atoms with Crippen LogP contribution < -0.4 is 16.4 Å². The van der Waals surface area contributed by atoms with Gasteiger partial charge in [0, 0.05) is 18.3 Å². The number of anilines is 2. The van der Waals surface area contributed by atoms with E-state index in [0.717, 1.165) is 25.1 Å². The zero-order valence-corrected chi connectivity index (χ0v) is 25.6. The van der Waals surface area contributed by atoms with Crippen molar-refractivity contribution in [3.63, 3.8) is 0 Å². The summed E-state index contributed by atoms with van der Waals surface area (Å²) in [6.45, 7) is 13.8. The molecule has 2 amide bonds. The molecule has 0 saturated carbocycles. The van der Waals surface area contributed by atoms with E-state index in [2.05, 4.69) is 77.4 Å². The summed E-state index contributed by atoms with van der Waals surface area (Å²) >= 11 is 0. The number of ether oxygens (including phenoxy) is 3. The Bertz CT molecular complexity index is 1390. The van der Waals surface area contributed by atoms with Crippen molar-refractivity contribution in [2.45, 2.75) is 96.2 Å². The fraction of sp³-hybridized carbons (Fsp3) is 0.600. The van der Waals surface area contributed by atoms with Crippen LogP contribution in [0.25, 0.3) is 11.2 Å². The predicted molar refractivity (Wildman–Crippen MR) is 161 cm³/mol. The van der Waals surface area contributed by atoms with Crippen molar-refractivity contribution in [2.24, 2.45) is 0 Å². The number of urea groups is 1. The van der Waals surface area contributed by atoms with E-state index >= 15 is 0 Å². The molecule has 0 radical (unpaired) electrons. The Kier molecular flexibility index (Phi) is 8.44. The Hall–Kier alpha value is -3.32. The zero-order valence-electron chi connectivity index (χ0n) is 25.6. The molecule has 2 fully saturated rings. The van der Waals surface area contributed by atoms with E-state index in [4.69, 9.17) is 19.9 Å². The van der Waals surface area contributed by atoms with Crippen LogP contribution in [0.4, 0.5) is 16.3 Å². The number of amides is 2. The van der Waals surface area contributed by atoms with Crippen molar-refractivity contribution in [2.75, 3.05) is 31.2 Å². The van der Waals surface area contributed by atoms with Crippen molar-refractivity contribution in [1.29, 1.82) is 0 Å². The van der Waals surface area contributed by atoms with E-state index in [1.807, 2.05) is 30.5 Å². The van der Waals surface area contributed by atoms with Gasteiger partial charge in [0.05, 0.1) is 6.33 Å². The first-order valence-corrected chi connectivity index (χ1v) is 14.7. The third-order valence-electron chi connectivity index (χ3n) is 7.97. The lowest BCUT2D eigenvalue weighted by atomic mass is 9.87. The Labute approximate surface area is 247 Å². The number of imidazole rings is 1. The number of nitrogen functional groups attached to an aromatic ring is 1. The molecule has 3 aromatic rings. The molecule has 12 heteroatoms. The number of nitrogens with one attached hydrogen (secondary N) is 2. The molecule has 0 bridgehead atoms. The number of hydrogen-bond acceptors (Lipinski definition) is 9. The molecule has 2 aromatic heterocycles. The topological polar surface area (TPSA) is 142 Å². The maximum absolute atomic E-state index is 12.7. The third-order valence-corrected chi connectivity index (χ3v) is 7.97. The molecular weight excluding hydrogens is 536 g/mol. The highest BCUT2D eigenvalue weighted by molar-refractivity contribution is 5.89. The minimum Gasteiger partial charge on any atom is -0.382 e. The Balaban J connectivity index is 1.17. The predicted octanol–water partition coefficient (Wildman–Crippen LogP) is 4.05. The molecule has 2 saturated heterocycles. The van der Waals surface area contributed by atoms with E-state index in [0.29, 0.717) is 23.5 Å². The van der Waals surface area contributed by atoms with Gasteiger partial charge in [-0.15, -0.1) is 0 Å². The average molecular weight is 581 g/mol. The number of carbonyl (C=O) groups excluding carboxylic acids is 1. The second-order valence-electron chi connectivity index (χ2n) is 12.8. The van der Waals surface area contributed by atoms with Gasteiger partial charge in [0.2, 0.25) is 0 Å². The molecule has 0 spiro atoms. The molecule has 4 N–H and O–H groups in total. The van der Waals surface area contributed by atoms with Gasteiger partial charge in [-0.1, -0.05) is 39.8 Å². The molecule has 5 rings (SSSR count). The zero-order chi connectivity index (χ0) is 30.2. The number of hydrogen-bond donors (Lipinski definition) is 3. The minimum absolute atomic E-state index is 0.0266. The van der Waals surface area contributed by atoms with Crippen LogP contribution in [-0.4, -0.2) is 80.7 Å². The summed E-state index contributed by atoms with van der Waals surface area (Å²) in [5.74, 6) is -0.421. The van der Waals surface area contributed by atoms with E-state index in [1.54, 1.807) is 6.33 Å². The Morgan fingerprint density at radius 1 is 1.14 bits per heavy atom. The maximum Gasteiger partial charge on any atom is 0.319 e. The van der Waals surface area contributed by atoms with Crippen LogP contribution in [-0.2, 0) is 19.6 Å². The van der Waals surface area contributed by atoms with Crippen molar-refractivity contribution in [3.8, 4) is 0 Å². The minimum atomic E-state index is -0.740. The molecule has 5 atom stereocenters. The number of rotatable bonds is 9. The van der Waals surface area contributed by atoms with Gasteiger partial charge in [0.15, 0.2) is 23.5 Å². The number of likely N-dealkylation sites (N-methyl/N-ethyl adjacent to an activating group) is 1. The molecule has 1 unspecified atom stereocenters. The van der Waals surface area contributed by atoms with Crippen LogP contribution in [0.15, 0.2) is 36.9 Å². The van der Waals surface area contributed by atoms with Gasteiger partial charge in [-0.2, -0.15) is 0 Å². The number of aromatic nitrogens is 4. The molecule has 4 heterocycles. The quantitative estimate of drug-likeness (QED) is 0.342. The van der Waals surface area contributed by atoms with Gasteiger partial charge >= 0.3 is 6.03 Å². The summed E-state index contributed by atoms with van der Waals surface area (Å²) in [6.07, 6.45) is 3.39. The molecule has 0 aliphatic carbocycles. The van der Waals surface area contributed by atoms with Gasteiger partial charge in [-0.3, -0.25) is 4.57 Å². The first-order valence-electron chi connectivity index (χ1n) is 14.7. The van der Waals surface area contributed by atoms with Crippen LogP contribution >= 0.6 is 0 Å². The van der Waals surface area contributed by atoms with Gasteiger partial charge < -0.3 is 35.5 Å². The highest BCUT2D eigenvalue weighted by Crippen LogP contribution is 2.44. The highest BCUT2D eigenvalue weighted by Gasteiger charge is 2.56. The number of nitrogens with two attached hydrogens (primary N) is 1. The standard InChI is InChI=1S/C30H44N8O4/c1-8-19(35-28(39)36-20-11-9-18(10-12-20)29(2,3)4)13-14-37(7)15-21-23-24(42-30(5,6)41-23)27(40-21)38-17-34-22-25(31)32-16-33-26(22)38/h9-12,16-17,19,21,23-24,27H,8,13-15H2,1-7H3,(H2,31,32,33)(H2,35,36,39)/t19-,21-,23-,24-,27?/m1/s1. The summed E-state index contributed by atoms with van der Waals surface area (Å²) in [7, 11) is 2.05. The molecule has 228 valence electrons. The summed E-state index contributed by atoms with van der Waals surface area (Å²) in [5.41, 5.74) is 9.19. The Morgan fingerprint density at radius 2 is 1.86 bits per heavy atom. The molecule has 42 heavy (non-hydrogen) atoms. The number of benzene rings is 1. The summed E-state index contributed by atoms with van der Waals surface area (Å²) in [6, 6.07) is 7.83. The molecule has 2 aliphatic heterocycles. The van der Waals surface area contributed by atoms with Crippen molar-refractivity contribution >= 4 is 28.7 Å². The second-order valence-corrected chi connectivity index (χ2v) is 12.8. The van der Waals surface area contributed by atoms with Crippen molar-refractivity contribution in [3.05, 3.63) is 42.5 Å². The lowest BCUT2D eigenvalue weighted by Crippen LogP contribution is -2.42. The van der Waals surface area contributed by atoms with Crippen LogP contribution in [0.3, 0.4) is 0 Å². The Morgan fingerprint density at radius 3 is 2.55 bits per heavy atom. The van der Waals surface area contributed by atoms with Crippen LogP contribution in [0.5, 0.6) is 0 Å². The molecular formula is C30H44N8O4. The van der Waals surface area contributed by atoms with E-state index in [1.165, 1.54) is 11.9 Å². The van der Waals surface area contributed by atoms with Gasteiger partial charge in [-0.25, -0.2) is 19.7 Å². The SMILES string of the molecule is CC[C@H](CCN(C)C[C@H]1OC(n2cnc3c(N)ncnc32)[C@@H]2OC(C)(C)O[C@H]12)NC(=O)Nc1ccc(C(C)(C)C)cc1. The van der Waals surface area contributed by atoms with E-state index in [9.17, 15) is 4.79 Å². The monoisotopic (exact) mass is 580 g/mol. The number of nitrogens with zero attached hydrogens (tertiary/aromatic N) is 5. The van der Waals surface area contributed by atoms with Crippen molar-refractivity contribution < 1.29 is 19.0 Å². The average Bonchev–Trinajstić information content (AvgIpc) is 3.58. The highest BCUT2D eigenvalue weighted by atomic mass is 16.8. The molecule has 2 aliphatic rings. The lowest BCUT2D eigenvalue weighted by molar-refractivity contribution is -0.197. The lowest BCUT2D eigenvalue weighted by Gasteiger charge is -2.28. The first kappa shape index (κ1) is 30.1. The summed E-state index contributed by atoms with van der Waals surface area (Å²) in [5, 5.41) is 6.08. The van der Waals surface area contributed by atoms with Crippen LogP contribution in [0.1, 0.15) is 66.2 Å². The second kappa shape index (κ2) is 11.8. The van der Waals surface area contributed by atoms with Gasteiger partial charge in [0.1, 0.15) is 30.2 Å². The fourth-order valence-electron chi connectivity index (χ4n) is 5.65. The summed E-state index contributed by atoms with van der Waals surface area (Å²) in [4.78, 5) is 27.8. The maximum atomic E-state index is 12.7. The molecule has 12 nitrogen and oxygen atoms in total. The largest absolute Gasteiger partial charge is 0.382 e. The molecule has 1 aromatic carbocycles. The fourth-order valence-corrected chi connectivity index (χ4v) is 5.65. The normalized spacial score (nSPS) is 24.2. The first-order chi connectivity index (χ1) is 19.8. The van der Waals surface area contributed by atoms with Gasteiger partial charge in [0.25, 0.3) is 0 Å². The van der Waals surface area contributed by atoms with Crippen molar-refractivity contribution in [1.82, 2.24) is 29.7 Å². The smallest absolute Gasteiger partial charge is 0.319 e. The third kappa shape index (κ3) is 6.51. The van der Waals surface area contributed by atoms with E-state index in [-0.39, 0.29) is 35.8 Å². The van der Waals surface area contributed by atoms with Crippen LogP contribution in [0, 0.1) is 0 Å². The van der Waals surface area contributed by atoms with Crippen LogP contribution in [0.2, 0.25) is 0 Å². The number of carbonyl (C=O) groups is 1. The van der Waals surface area contributed by atoms with Gasteiger partial charge in [-0.05, 0) is 63.4 Å². The summed E-state index contributed by atoms with van der Waals surface area (Å²) < 4.78 is 21.0. The number of fused-ring (bicyclic) bond motifs is 2.